The van der Waals surface area contributed by atoms with E-state index in [1.807, 2.05) is 6.92 Å². The molecule has 0 aliphatic heterocycles. The molecular weight excluding hydrogens is 260 g/mol. The zero-order valence-corrected chi connectivity index (χ0v) is 11.5. The van der Waals surface area contributed by atoms with E-state index in [1.165, 1.54) is 4.68 Å². The van der Waals surface area contributed by atoms with E-state index in [1.54, 1.807) is 31.0 Å². The van der Waals surface area contributed by atoms with E-state index in [9.17, 15) is 9.59 Å². The molecule has 0 saturated carbocycles. The van der Waals surface area contributed by atoms with Crippen LogP contribution in [-0.4, -0.2) is 31.4 Å². The number of amides is 2. The average molecular weight is 276 g/mol. The molecule has 106 valence electrons. The van der Waals surface area contributed by atoms with Gasteiger partial charge in [-0.1, -0.05) is 0 Å². The van der Waals surface area contributed by atoms with Crippen LogP contribution in [0, 0.1) is 6.92 Å². The van der Waals surface area contributed by atoms with E-state index < -0.39 is 5.91 Å². The Morgan fingerprint density at radius 3 is 2.55 bits per heavy atom. The van der Waals surface area contributed by atoms with Crippen LogP contribution in [0.25, 0.3) is 0 Å². The number of nitrogens with two attached hydrogens (primary N) is 1. The van der Waals surface area contributed by atoms with Crippen LogP contribution in [0.5, 0.6) is 0 Å². The summed E-state index contributed by atoms with van der Waals surface area (Å²) in [4.78, 5) is 23.5. The smallest absolute Gasteiger partial charge is 0.271 e. The Morgan fingerprint density at radius 2 is 2.05 bits per heavy atom. The third kappa shape index (κ3) is 2.53. The van der Waals surface area contributed by atoms with E-state index in [2.05, 4.69) is 15.5 Å². The molecule has 0 radical (unpaired) electrons. The van der Waals surface area contributed by atoms with Crippen molar-refractivity contribution in [2.75, 3.05) is 5.32 Å². The van der Waals surface area contributed by atoms with Gasteiger partial charge in [0.15, 0.2) is 5.69 Å². The first-order valence-electron chi connectivity index (χ1n) is 6.11. The number of hydrogen-bond donors (Lipinski definition) is 2. The van der Waals surface area contributed by atoms with Crippen LogP contribution in [0.15, 0.2) is 12.4 Å². The maximum Gasteiger partial charge on any atom is 0.271 e. The zero-order valence-electron chi connectivity index (χ0n) is 11.5. The summed E-state index contributed by atoms with van der Waals surface area (Å²) >= 11 is 0. The minimum absolute atomic E-state index is 0.0433. The van der Waals surface area contributed by atoms with Crippen molar-refractivity contribution < 1.29 is 9.59 Å². The molecule has 2 aromatic heterocycles. The Hall–Kier alpha value is -2.64. The Labute approximate surface area is 115 Å². The minimum Gasteiger partial charge on any atom is -0.364 e. The summed E-state index contributed by atoms with van der Waals surface area (Å²) in [6.45, 7) is 4.18. The molecule has 0 saturated heterocycles. The number of nitrogens with one attached hydrogen (secondary N) is 1. The van der Waals surface area contributed by atoms with Crippen LogP contribution in [0.2, 0.25) is 0 Å². The monoisotopic (exact) mass is 276 g/mol. The Kier molecular flexibility index (Phi) is 3.55. The molecule has 0 atom stereocenters. The second-order valence-corrected chi connectivity index (χ2v) is 4.37. The lowest BCUT2D eigenvalue weighted by Gasteiger charge is -2.02. The molecule has 20 heavy (non-hydrogen) atoms. The quantitative estimate of drug-likeness (QED) is 0.837. The van der Waals surface area contributed by atoms with Gasteiger partial charge in [0.25, 0.3) is 11.8 Å². The lowest BCUT2D eigenvalue weighted by Crippen LogP contribution is -2.18. The maximum atomic E-state index is 12.2. The number of nitrogens with zero attached hydrogens (tertiary/aromatic N) is 4. The van der Waals surface area contributed by atoms with Gasteiger partial charge in [0.2, 0.25) is 0 Å². The van der Waals surface area contributed by atoms with Gasteiger partial charge in [-0.25, -0.2) is 0 Å². The van der Waals surface area contributed by atoms with Crippen molar-refractivity contribution in [2.24, 2.45) is 12.8 Å². The van der Waals surface area contributed by atoms with Crippen molar-refractivity contribution in [1.82, 2.24) is 19.6 Å². The van der Waals surface area contributed by atoms with Crippen molar-refractivity contribution >= 4 is 17.5 Å². The standard InChI is InChI=1S/C12H16N6O2/c1-4-18-6-9(10(16-18)11(13)19)14-12(20)8-5-17(3)15-7(8)2/h5-6H,4H2,1-3H3,(H2,13,19)(H,14,20). The molecular formula is C12H16N6O2. The van der Waals surface area contributed by atoms with Gasteiger partial charge >= 0.3 is 0 Å². The Bertz CT molecular complexity index is 670. The van der Waals surface area contributed by atoms with Crippen molar-refractivity contribution in [3.05, 3.63) is 29.3 Å². The maximum absolute atomic E-state index is 12.2. The second kappa shape index (κ2) is 5.16. The zero-order chi connectivity index (χ0) is 14.9. The molecule has 0 fully saturated rings. The van der Waals surface area contributed by atoms with Gasteiger partial charge < -0.3 is 11.1 Å². The fourth-order valence-corrected chi connectivity index (χ4v) is 1.87. The lowest BCUT2D eigenvalue weighted by atomic mass is 10.2. The number of rotatable bonds is 4. The summed E-state index contributed by atoms with van der Waals surface area (Å²) in [5, 5.41) is 10.7. The molecule has 0 aliphatic rings. The highest BCUT2D eigenvalue weighted by molar-refractivity contribution is 6.08. The molecule has 2 aromatic rings. The molecule has 2 heterocycles. The molecule has 3 N–H and O–H groups in total. The van der Waals surface area contributed by atoms with E-state index in [0.29, 0.717) is 23.5 Å². The van der Waals surface area contributed by atoms with Crippen LogP contribution in [0.4, 0.5) is 5.69 Å². The summed E-state index contributed by atoms with van der Waals surface area (Å²) < 4.78 is 3.08. The van der Waals surface area contributed by atoms with Crippen molar-refractivity contribution in [3.63, 3.8) is 0 Å². The molecule has 0 spiro atoms. The van der Waals surface area contributed by atoms with E-state index in [4.69, 9.17) is 5.73 Å². The first-order valence-corrected chi connectivity index (χ1v) is 6.11. The Balaban J connectivity index is 2.30. The summed E-state index contributed by atoms with van der Waals surface area (Å²) in [5.41, 5.74) is 6.63. The van der Waals surface area contributed by atoms with E-state index >= 15 is 0 Å². The third-order valence-electron chi connectivity index (χ3n) is 2.83. The van der Waals surface area contributed by atoms with E-state index in [-0.39, 0.29) is 11.6 Å². The first kappa shape index (κ1) is 13.8. The number of primary amides is 1. The molecule has 0 bridgehead atoms. The molecule has 8 heteroatoms. The molecule has 2 amide bonds. The SMILES string of the molecule is CCn1cc(NC(=O)c2cn(C)nc2C)c(C(N)=O)n1. The summed E-state index contributed by atoms with van der Waals surface area (Å²) in [6, 6.07) is 0. The molecule has 0 aromatic carbocycles. The van der Waals surface area contributed by atoms with Crippen molar-refractivity contribution in [1.29, 1.82) is 0 Å². The number of carbonyl (C=O) groups excluding carboxylic acids is 2. The van der Waals surface area contributed by atoms with Crippen LogP contribution in [-0.2, 0) is 13.6 Å². The van der Waals surface area contributed by atoms with E-state index in [0.717, 1.165) is 0 Å². The van der Waals surface area contributed by atoms with Crippen molar-refractivity contribution in [2.45, 2.75) is 20.4 Å². The first-order chi connectivity index (χ1) is 9.42. The van der Waals surface area contributed by atoms with Gasteiger partial charge in [-0.05, 0) is 13.8 Å². The lowest BCUT2D eigenvalue weighted by molar-refractivity contribution is 0.0995. The van der Waals surface area contributed by atoms with Crippen LogP contribution < -0.4 is 11.1 Å². The number of aryl methyl sites for hydroxylation is 3. The number of aromatic nitrogens is 4. The fraction of sp³-hybridized carbons (Fsp3) is 0.333. The molecule has 2 rings (SSSR count). The Morgan fingerprint density at radius 1 is 1.35 bits per heavy atom. The second-order valence-electron chi connectivity index (χ2n) is 4.37. The summed E-state index contributed by atoms with van der Waals surface area (Å²) in [7, 11) is 1.73. The normalized spacial score (nSPS) is 10.6. The highest BCUT2D eigenvalue weighted by Crippen LogP contribution is 2.15. The summed E-state index contributed by atoms with van der Waals surface area (Å²) in [6.07, 6.45) is 3.18. The topological polar surface area (TPSA) is 108 Å². The average Bonchev–Trinajstić information content (AvgIpc) is 2.92. The van der Waals surface area contributed by atoms with Gasteiger partial charge in [-0.15, -0.1) is 0 Å². The molecule has 0 unspecified atom stereocenters. The molecule has 8 nitrogen and oxygen atoms in total. The van der Waals surface area contributed by atoms with Crippen LogP contribution in [0.3, 0.4) is 0 Å². The predicted octanol–water partition coefficient (Wildman–Crippen LogP) is 0.296. The highest BCUT2D eigenvalue weighted by atomic mass is 16.2. The van der Waals surface area contributed by atoms with Gasteiger partial charge in [0.1, 0.15) is 0 Å². The van der Waals surface area contributed by atoms with Crippen LogP contribution >= 0.6 is 0 Å². The molecule has 0 aliphatic carbocycles. The highest BCUT2D eigenvalue weighted by Gasteiger charge is 2.18. The number of anilines is 1. The number of carbonyl (C=O) groups is 2. The van der Waals surface area contributed by atoms with Gasteiger partial charge in [-0.2, -0.15) is 10.2 Å². The predicted molar refractivity (Wildman–Crippen MR) is 72.3 cm³/mol. The summed E-state index contributed by atoms with van der Waals surface area (Å²) in [5.74, 6) is -1.04. The van der Waals surface area contributed by atoms with Crippen molar-refractivity contribution in [3.8, 4) is 0 Å². The van der Waals surface area contributed by atoms with Gasteiger partial charge in [0.05, 0.1) is 16.9 Å². The van der Waals surface area contributed by atoms with Gasteiger partial charge in [0, 0.05) is 26.0 Å². The third-order valence-corrected chi connectivity index (χ3v) is 2.83. The van der Waals surface area contributed by atoms with Gasteiger partial charge in [-0.3, -0.25) is 19.0 Å². The fourth-order valence-electron chi connectivity index (χ4n) is 1.87. The largest absolute Gasteiger partial charge is 0.364 e. The van der Waals surface area contributed by atoms with Crippen LogP contribution in [0.1, 0.15) is 33.5 Å². The number of hydrogen-bond acceptors (Lipinski definition) is 4. The minimum atomic E-state index is -0.685.